The van der Waals surface area contributed by atoms with E-state index in [1.54, 1.807) is 14.2 Å². The van der Waals surface area contributed by atoms with Crippen LogP contribution in [-0.4, -0.2) is 69.5 Å². The van der Waals surface area contributed by atoms with E-state index in [4.69, 9.17) is 19.9 Å². The van der Waals surface area contributed by atoms with E-state index in [-0.39, 0.29) is 5.54 Å². The zero-order valence-electron chi connectivity index (χ0n) is 23.4. The number of hydrogen-bond acceptors (Lipinski definition) is 6. The standard InChI is InChI=1S/C31H44N4O3/c1-21(2)29-25-20-23(6-7-26(25)34-30(29)22-5-8-27(36-3)28(19-22)37-4)31(32)11-9-24(10-12-31)33-13-14-35-15-17-38-18-16-35/h5-8,19-21,24,33-34H,9-18,32H2,1-4H3. The van der Waals surface area contributed by atoms with E-state index in [0.29, 0.717) is 12.0 Å². The smallest absolute Gasteiger partial charge is 0.161 e. The Kier molecular flexibility index (Phi) is 8.29. The van der Waals surface area contributed by atoms with Gasteiger partial charge in [-0.3, -0.25) is 4.90 Å². The molecular formula is C31H44N4O3. The van der Waals surface area contributed by atoms with Gasteiger partial charge in [-0.05, 0) is 73.1 Å². The average molecular weight is 521 g/mol. The second-order valence-corrected chi connectivity index (χ2v) is 11.2. The van der Waals surface area contributed by atoms with Crippen LogP contribution in [0.15, 0.2) is 36.4 Å². The minimum absolute atomic E-state index is 0.286. The van der Waals surface area contributed by atoms with Crippen LogP contribution in [0.3, 0.4) is 0 Å². The Hall–Kier alpha value is -2.58. The SMILES string of the molecule is COc1ccc(-c2[nH]c3ccc(C4(N)CCC(NCCN5CCOCC5)CC4)cc3c2C(C)C)cc1OC. The maximum absolute atomic E-state index is 7.10. The highest BCUT2D eigenvalue weighted by atomic mass is 16.5. The van der Waals surface area contributed by atoms with Gasteiger partial charge in [-0.15, -0.1) is 0 Å². The predicted octanol–water partition coefficient (Wildman–Crippen LogP) is 4.99. The van der Waals surface area contributed by atoms with Gasteiger partial charge in [0.05, 0.1) is 33.1 Å². The van der Waals surface area contributed by atoms with E-state index in [0.717, 1.165) is 93.3 Å². The summed E-state index contributed by atoms with van der Waals surface area (Å²) < 4.78 is 16.5. The molecule has 4 N–H and O–H groups in total. The second kappa shape index (κ2) is 11.7. The number of H-pyrrole nitrogens is 1. The van der Waals surface area contributed by atoms with Crippen molar-refractivity contribution in [3.05, 3.63) is 47.5 Å². The minimum Gasteiger partial charge on any atom is -0.493 e. The van der Waals surface area contributed by atoms with Crippen LogP contribution in [0.25, 0.3) is 22.2 Å². The van der Waals surface area contributed by atoms with Crippen molar-refractivity contribution in [2.45, 2.75) is 57.0 Å². The fourth-order valence-corrected chi connectivity index (χ4v) is 6.22. The third kappa shape index (κ3) is 5.57. The molecule has 0 spiro atoms. The third-order valence-electron chi connectivity index (χ3n) is 8.51. The fraction of sp³-hybridized carbons (Fsp3) is 0.548. The van der Waals surface area contributed by atoms with E-state index in [1.807, 2.05) is 12.1 Å². The minimum atomic E-state index is -0.286. The van der Waals surface area contributed by atoms with Crippen molar-refractivity contribution in [3.63, 3.8) is 0 Å². The lowest BCUT2D eigenvalue weighted by molar-refractivity contribution is 0.0378. The van der Waals surface area contributed by atoms with Gasteiger partial charge in [0, 0.05) is 54.2 Å². The zero-order chi connectivity index (χ0) is 26.7. The quantitative estimate of drug-likeness (QED) is 0.369. The van der Waals surface area contributed by atoms with Gasteiger partial charge in [-0.25, -0.2) is 0 Å². The van der Waals surface area contributed by atoms with E-state index in [9.17, 15) is 0 Å². The molecule has 3 aromatic rings. The number of ether oxygens (including phenoxy) is 3. The highest BCUT2D eigenvalue weighted by Crippen LogP contribution is 2.41. The molecule has 1 saturated carbocycles. The Morgan fingerprint density at radius 1 is 1.05 bits per heavy atom. The molecule has 5 rings (SSSR count). The lowest BCUT2D eigenvalue weighted by Crippen LogP contribution is -2.47. The summed E-state index contributed by atoms with van der Waals surface area (Å²) in [6.45, 7) is 10.5. The van der Waals surface area contributed by atoms with Gasteiger partial charge < -0.3 is 30.2 Å². The lowest BCUT2D eigenvalue weighted by Gasteiger charge is -2.38. The van der Waals surface area contributed by atoms with E-state index < -0.39 is 0 Å². The number of nitrogens with one attached hydrogen (secondary N) is 2. The summed E-state index contributed by atoms with van der Waals surface area (Å²) in [5.74, 6) is 1.81. The number of aromatic amines is 1. The summed E-state index contributed by atoms with van der Waals surface area (Å²) in [6, 6.07) is 13.4. The van der Waals surface area contributed by atoms with Crippen molar-refractivity contribution in [2.75, 3.05) is 53.6 Å². The van der Waals surface area contributed by atoms with E-state index in [1.165, 1.54) is 16.5 Å². The maximum Gasteiger partial charge on any atom is 0.161 e. The van der Waals surface area contributed by atoms with Crippen LogP contribution in [0.1, 0.15) is 56.6 Å². The summed E-state index contributed by atoms with van der Waals surface area (Å²) in [7, 11) is 3.34. The Balaban J connectivity index is 1.33. The zero-order valence-corrected chi connectivity index (χ0v) is 23.4. The molecule has 206 valence electrons. The number of morpholine rings is 1. The molecule has 2 aliphatic rings. The van der Waals surface area contributed by atoms with Crippen molar-refractivity contribution < 1.29 is 14.2 Å². The molecule has 0 amide bonds. The van der Waals surface area contributed by atoms with Crippen LogP contribution in [-0.2, 0) is 10.3 Å². The molecule has 1 aliphatic carbocycles. The van der Waals surface area contributed by atoms with Crippen LogP contribution < -0.4 is 20.5 Å². The lowest BCUT2D eigenvalue weighted by atomic mass is 9.75. The van der Waals surface area contributed by atoms with Crippen molar-refractivity contribution in [1.29, 1.82) is 0 Å². The molecule has 38 heavy (non-hydrogen) atoms. The molecule has 0 bridgehead atoms. The Morgan fingerprint density at radius 3 is 2.47 bits per heavy atom. The number of hydrogen-bond donors (Lipinski definition) is 3. The summed E-state index contributed by atoms with van der Waals surface area (Å²) in [6.07, 6.45) is 4.22. The Labute approximate surface area is 227 Å². The number of rotatable bonds is 9. The number of nitrogens with two attached hydrogens (primary N) is 1. The molecule has 2 aromatic carbocycles. The van der Waals surface area contributed by atoms with Crippen LogP contribution in [0.4, 0.5) is 0 Å². The van der Waals surface area contributed by atoms with Crippen LogP contribution in [0.2, 0.25) is 0 Å². The van der Waals surface area contributed by atoms with Crippen LogP contribution >= 0.6 is 0 Å². The summed E-state index contributed by atoms with van der Waals surface area (Å²) in [5, 5.41) is 5.05. The first-order valence-electron chi connectivity index (χ1n) is 14.1. The molecule has 2 heterocycles. The summed E-state index contributed by atoms with van der Waals surface area (Å²) in [4.78, 5) is 6.18. The molecule has 7 nitrogen and oxygen atoms in total. The molecule has 1 saturated heterocycles. The highest BCUT2D eigenvalue weighted by molar-refractivity contribution is 5.92. The highest BCUT2D eigenvalue weighted by Gasteiger charge is 2.34. The van der Waals surface area contributed by atoms with Gasteiger partial charge in [0.25, 0.3) is 0 Å². The van der Waals surface area contributed by atoms with Gasteiger partial charge in [0.15, 0.2) is 11.5 Å². The first kappa shape index (κ1) is 27.0. The van der Waals surface area contributed by atoms with Gasteiger partial charge >= 0.3 is 0 Å². The summed E-state index contributed by atoms with van der Waals surface area (Å²) in [5.41, 5.74) is 12.7. The predicted molar refractivity (Wildman–Crippen MR) is 154 cm³/mol. The first-order valence-corrected chi connectivity index (χ1v) is 14.1. The second-order valence-electron chi connectivity index (χ2n) is 11.2. The molecule has 0 unspecified atom stereocenters. The van der Waals surface area contributed by atoms with Crippen LogP contribution in [0, 0.1) is 0 Å². The first-order chi connectivity index (χ1) is 18.4. The molecule has 0 atom stereocenters. The topological polar surface area (TPSA) is 84.8 Å². The molecule has 1 aromatic heterocycles. The number of benzene rings is 2. The number of aromatic nitrogens is 1. The maximum atomic E-state index is 7.10. The number of fused-ring (bicyclic) bond motifs is 1. The van der Waals surface area contributed by atoms with Crippen LogP contribution in [0.5, 0.6) is 11.5 Å². The average Bonchev–Trinajstić information content (AvgIpc) is 3.34. The Bertz CT molecular complexity index is 1220. The van der Waals surface area contributed by atoms with Gasteiger partial charge in [0.2, 0.25) is 0 Å². The van der Waals surface area contributed by atoms with Gasteiger partial charge in [-0.2, -0.15) is 0 Å². The number of methoxy groups -OCH3 is 2. The molecular weight excluding hydrogens is 476 g/mol. The van der Waals surface area contributed by atoms with E-state index in [2.05, 4.69) is 53.3 Å². The monoisotopic (exact) mass is 520 g/mol. The molecule has 7 heteroatoms. The van der Waals surface area contributed by atoms with Gasteiger partial charge in [0.1, 0.15) is 0 Å². The molecule has 0 radical (unpaired) electrons. The van der Waals surface area contributed by atoms with E-state index >= 15 is 0 Å². The molecule has 2 fully saturated rings. The normalized spacial score (nSPS) is 22.7. The van der Waals surface area contributed by atoms with Crippen molar-refractivity contribution >= 4 is 10.9 Å². The van der Waals surface area contributed by atoms with Crippen molar-refractivity contribution in [3.8, 4) is 22.8 Å². The summed E-state index contributed by atoms with van der Waals surface area (Å²) >= 11 is 0. The van der Waals surface area contributed by atoms with Crippen molar-refractivity contribution in [1.82, 2.24) is 15.2 Å². The fourth-order valence-electron chi connectivity index (χ4n) is 6.22. The largest absolute Gasteiger partial charge is 0.493 e. The molecule has 1 aliphatic heterocycles. The van der Waals surface area contributed by atoms with Crippen molar-refractivity contribution in [2.24, 2.45) is 5.73 Å². The third-order valence-corrected chi connectivity index (χ3v) is 8.51. The number of nitrogens with zero attached hydrogens (tertiary/aromatic N) is 1. The Morgan fingerprint density at radius 2 is 1.79 bits per heavy atom. The van der Waals surface area contributed by atoms with Gasteiger partial charge in [-0.1, -0.05) is 19.9 Å².